The van der Waals surface area contributed by atoms with E-state index in [0.29, 0.717) is 12.8 Å². The maximum absolute atomic E-state index is 13.4. The number of carbonyl (C=O) groups is 2. The maximum atomic E-state index is 13.4. The highest BCUT2D eigenvalue weighted by Gasteiger charge is 2.58. The van der Waals surface area contributed by atoms with Crippen LogP contribution >= 0.6 is 0 Å². The van der Waals surface area contributed by atoms with E-state index in [1.165, 1.54) is 13.0 Å². The standard InChI is InChI=1S/C15H19F3N2O4/c1-9-4-5-11(24-9)14(23,15(16,17)18)7-12(21)20-6-2-3-10(8-20)13(19)22/h4-5,10,23H,2-3,6-8H2,1H3,(H2,19,22). The molecule has 2 amide bonds. The number of halogens is 3. The highest BCUT2D eigenvalue weighted by atomic mass is 19.4. The van der Waals surface area contributed by atoms with Crippen LogP contribution in [0.25, 0.3) is 0 Å². The molecule has 134 valence electrons. The molecule has 1 aliphatic heterocycles. The number of nitrogens with two attached hydrogens (primary N) is 1. The number of piperidine rings is 1. The smallest absolute Gasteiger partial charge is 0.425 e. The molecule has 1 aliphatic rings. The zero-order chi connectivity index (χ0) is 18.1. The Morgan fingerprint density at radius 3 is 2.58 bits per heavy atom. The van der Waals surface area contributed by atoms with Gasteiger partial charge in [-0.1, -0.05) is 0 Å². The van der Waals surface area contributed by atoms with Gasteiger partial charge in [0.2, 0.25) is 17.4 Å². The van der Waals surface area contributed by atoms with Gasteiger partial charge in [0.15, 0.2) is 0 Å². The first kappa shape index (κ1) is 18.3. The number of nitrogens with zero attached hydrogens (tertiary/aromatic N) is 1. The van der Waals surface area contributed by atoms with E-state index < -0.39 is 41.7 Å². The number of carbonyl (C=O) groups excluding carboxylic acids is 2. The van der Waals surface area contributed by atoms with Crippen molar-refractivity contribution in [2.45, 2.75) is 38.0 Å². The Balaban J connectivity index is 2.21. The van der Waals surface area contributed by atoms with Gasteiger partial charge < -0.3 is 20.2 Å². The van der Waals surface area contributed by atoms with Crippen LogP contribution in [-0.2, 0) is 15.2 Å². The van der Waals surface area contributed by atoms with Gasteiger partial charge >= 0.3 is 6.18 Å². The second kappa shape index (κ2) is 6.46. The van der Waals surface area contributed by atoms with Gasteiger partial charge in [-0.3, -0.25) is 9.59 Å². The summed E-state index contributed by atoms with van der Waals surface area (Å²) in [7, 11) is 0. The van der Waals surface area contributed by atoms with Crippen LogP contribution in [0.3, 0.4) is 0 Å². The number of aliphatic hydroxyl groups is 1. The molecule has 2 atom stereocenters. The minimum absolute atomic E-state index is 0.0424. The average molecular weight is 348 g/mol. The van der Waals surface area contributed by atoms with Crippen LogP contribution in [0.15, 0.2) is 16.5 Å². The molecule has 0 saturated carbocycles. The number of primary amides is 1. The third kappa shape index (κ3) is 3.55. The highest BCUT2D eigenvalue weighted by molar-refractivity contribution is 5.80. The number of hydrogen-bond donors (Lipinski definition) is 2. The maximum Gasteiger partial charge on any atom is 0.425 e. The van der Waals surface area contributed by atoms with Crippen LogP contribution in [0.2, 0.25) is 0 Å². The van der Waals surface area contributed by atoms with Gasteiger partial charge in [0.1, 0.15) is 11.5 Å². The summed E-state index contributed by atoms with van der Waals surface area (Å²) in [6.07, 6.45) is -5.36. The SMILES string of the molecule is Cc1ccc(C(O)(CC(=O)N2CCCC(C(N)=O)C2)C(F)(F)F)o1. The van der Waals surface area contributed by atoms with E-state index in [1.807, 2.05) is 0 Å². The molecule has 2 rings (SSSR count). The largest absolute Gasteiger partial charge is 0.463 e. The minimum Gasteiger partial charge on any atom is -0.463 e. The van der Waals surface area contributed by atoms with Crippen molar-refractivity contribution in [3.8, 4) is 0 Å². The molecule has 0 spiro atoms. The molecule has 1 saturated heterocycles. The normalized spacial score (nSPS) is 21.4. The van der Waals surface area contributed by atoms with Crippen molar-refractivity contribution < 1.29 is 32.3 Å². The molecule has 9 heteroatoms. The molecule has 0 radical (unpaired) electrons. The number of aryl methyl sites for hydroxylation is 1. The van der Waals surface area contributed by atoms with Gasteiger partial charge in [-0.05, 0) is 31.9 Å². The molecule has 0 bridgehead atoms. The average Bonchev–Trinajstić information content (AvgIpc) is 2.93. The van der Waals surface area contributed by atoms with E-state index in [2.05, 4.69) is 0 Å². The van der Waals surface area contributed by atoms with E-state index in [-0.39, 0.29) is 18.8 Å². The minimum atomic E-state index is -5.09. The van der Waals surface area contributed by atoms with Crippen molar-refractivity contribution in [2.75, 3.05) is 13.1 Å². The Bertz CT molecular complexity index is 628. The molecule has 2 unspecified atom stereocenters. The van der Waals surface area contributed by atoms with E-state index >= 15 is 0 Å². The van der Waals surface area contributed by atoms with Gasteiger partial charge in [0, 0.05) is 13.1 Å². The molecule has 0 aliphatic carbocycles. The fraction of sp³-hybridized carbons (Fsp3) is 0.600. The quantitative estimate of drug-likeness (QED) is 0.861. The van der Waals surface area contributed by atoms with Crippen molar-refractivity contribution in [3.05, 3.63) is 23.7 Å². The summed E-state index contributed by atoms with van der Waals surface area (Å²) in [6.45, 7) is 1.61. The van der Waals surface area contributed by atoms with Crippen LogP contribution in [0, 0.1) is 12.8 Å². The van der Waals surface area contributed by atoms with Crippen molar-refractivity contribution >= 4 is 11.8 Å². The first-order valence-corrected chi connectivity index (χ1v) is 7.47. The summed E-state index contributed by atoms with van der Waals surface area (Å²) in [5.41, 5.74) is 1.78. The number of rotatable bonds is 4. The Morgan fingerprint density at radius 2 is 2.08 bits per heavy atom. The predicted octanol–water partition coefficient (Wildman–Crippen LogP) is 1.45. The van der Waals surface area contributed by atoms with Gasteiger partial charge in [-0.25, -0.2) is 0 Å². The Kier molecular flexibility index (Phi) is 4.93. The Labute approximate surface area is 136 Å². The lowest BCUT2D eigenvalue weighted by molar-refractivity contribution is -0.274. The van der Waals surface area contributed by atoms with Crippen molar-refractivity contribution in [1.29, 1.82) is 0 Å². The van der Waals surface area contributed by atoms with Crippen molar-refractivity contribution in [1.82, 2.24) is 4.90 Å². The third-order valence-corrected chi connectivity index (χ3v) is 4.20. The topological polar surface area (TPSA) is 96.8 Å². The van der Waals surface area contributed by atoms with Crippen LogP contribution in [-0.4, -0.2) is 41.1 Å². The second-order valence-electron chi connectivity index (χ2n) is 6.03. The molecule has 0 aromatic carbocycles. The monoisotopic (exact) mass is 348 g/mol. The molecular weight excluding hydrogens is 329 g/mol. The van der Waals surface area contributed by atoms with E-state index in [4.69, 9.17) is 10.2 Å². The predicted molar refractivity (Wildman–Crippen MR) is 76.5 cm³/mol. The lowest BCUT2D eigenvalue weighted by atomic mass is 9.92. The lowest BCUT2D eigenvalue weighted by Gasteiger charge is -2.34. The Hall–Kier alpha value is -2.03. The molecule has 1 aromatic heterocycles. The van der Waals surface area contributed by atoms with Crippen LogP contribution in [0.5, 0.6) is 0 Å². The number of alkyl halides is 3. The lowest BCUT2D eigenvalue weighted by Crippen LogP contribution is -2.49. The zero-order valence-electron chi connectivity index (χ0n) is 13.1. The molecule has 2 heterocycles. The van der Waals surface area contributed by atoms with Crippen LogP contribution < -0.4 is 5.73 Å². The van der Waals surface area contributed by atoms with E-state index in [9.17, 15) is 27.9 Å². The summed E-state index contributed by atoms with van der Waals surface area (Å²) in [4.78, 5) is 24.6. The molecule has 1 aromatic rings. The molecule has 1 fully saturated rings. The number of amides is 2. The van der Waals surface area contributed by atoms with Gasteiger partial charge in [0.05, 0.1) is 12.3 Å². The van der Waals surface area contributed by atoms with Gasteiger partial charge in [-0.15, -0.1) is 0 Å². The van der Waals surface area contributed by atoms with Crippen molar-refractivity contribution in [2.24, 2.45) is 11.7 Å². The summed E-state index contributed by atoms with van der Waals surface area (Å²) in [5.74, 6) is -2.64. The van der Waals surface area contributed by atoms with Gasteiger partial charge in [-0.2, -0.15) is 13.2 Å². The highest BCUT2D eigenvalue weighted by Crippen LogP contribution is 2.42. The fourth-order valence-corrected chi connectivity index (χ4v) is 2.75. The Morgan fingerprint density at radius 1 is 1.42 bits per heavy atom. The molecule has 24 heavy (non-hydrogen) atoms. The van der Waals surface area contributed by atoms with Crippen LogP contribution in [0.4, 0.5) is 13.2 Å². The van der Waals surface area contributed by atoms with Crippen molar-refractivity contribution in [3.63, 3.8) is 0 Å². The zero-order valence-corrected chi connectivity index (χ0v) is 13.1. The third-order valence-electron chi connectivity index (χ3n) is 4.20. The molecule has 3 N–H and O–H groups in total. The van der Waals surface area contributed by atoms with E-state index in [1.54, 1.807) is 0 Å². The molecular formula is C15H19F3N2O4. The summed E-state index contributed by atoms with van der Waals surface area (Å²) in [6, 6.07) is 2.28. The van der Waals surface area contributed by atoms with Crippen LogP contribution in [0.1, 0.15) is 30.8 Å². The summed E-state index contributed by atoms with van der Waals surface area (Å²) >= 11 is 0. The number of hydrogen-bond acceptors (Lipinski definition) is 4. The van der Waals surface area contributed by atoms with Gasteiger partial charge in [0.25, 0.3) is 0 Å². The molecule has 6 nitrogen and oxygen atoms in total. The first-order chi connectivity index (χ1) is 11.0. The number of furan rings is 1. The second-order valence-corrected chi connectivity index (χ2v) is 6.03. The number of likely N-dealkylation sites (tertiary alicyclic amines) is 1. The first-order valence-electron chi connectivity index (χ1n) is 7.47. The summed E-state index contributed by atoms with van der Waals surface area (Å²) in [5, 5.41) is 10.2. The summed E-state index contributed by atoms with van der Waals surface area (Å²) < 4.78 is 45.0. The van der Waals surface area contributed by atoms with E-state index in [0.717, 1.165) is 11.0 Å². The fourth-order valence-electron chi connectivity index (χ4n) is 2.75.